The second-order valence-electron chi connectivity index (χ2n) is 4.08. The summed E-state index contributed by atoms with van der Waals surface area (Å²) in [5.74, 6) is -1.04. The van der Waals surface area contributed by atoms with Crippen LogP contribution >= 0.6 is 11.6 Å². The third-order valence-corrected chi connectivity index (χ3v) is 4.35. The number of imide groups is 1. The minimum atomic E-state index is -3.84. The maximum atomic E-state index is 12.0. The molecule has 1 aromatic carbocycles. The zero-order valence-corrected chi connectivity index (χ0v) is 11.3. The predicted molar refractivity (Wildman–Crippen MR) is 67.9 cm³/mol. The van der Waals surface area contributed by atoms with Gasteiger partial charge in [0.2, 0.25) is 21.8 Å². The number of sulfonamides is 1. The highest BCUT2D eigenvalue weighted by Gasteiger charge is 2.30. The molecule has 0 bridgehead atoms. The number of carbonyl (C=O) groups is 2. The van der Waals surface area contributed by atoms with Crippen molar-refractivity contribution in [2.45, 2.75) is 23.8 Å². The van der Waals surface area contributed by atoms with Gasteiger partial charge in [0.05, 0.1) is 4.90 Å². The Hall–Kier alpha value is -1.44. The van der Waals surface area contributed by atoms with Crippen LogP contribution in [-0.4, -0.2) is 26.3 Å². The minimum Gasteiger partial charge on any atom is -0.295 e. The van der Waals surface area contributed by atoms with Crippen molar-refractivity contribution < 1.29 is 18.0 Å². The van der Waals surface area contributed by atoms with Crippen LogP contribution in [-0.2, 0) is 19.6 Å². The van der Waals surface area contributed by atoms with E-state index in [1.807, 2.05) is 0 Å². The van der Waals surface area contributed by atoms with E-state index >= 15 is 0 Å². The van der Waals surface area contributed by atoms with Crippen LogP contribution in [0.15, 0.2) is 29.2 Å². The lowest BCUT2D eigenvalue weighted by Crippen LogP contribution is -2.52. The Bertz CT molecular complexity index is 629. The fourth-order valence-corrected chi connectivity index (χ4v) is 3.23. The topological polar surface area (TPSA) is 92.3 Å². The van der Waals surface area contributed by atoms with Crippen LogP contribution in [0.1, 0.15) is 12.8 Å². The molecule has 0 saturated carbocycles. The Balaban J connectivity index is 2.18. The molecular weight excluding hydrogens is 292 g/mol. The Morgan fingerprint density at radius 2 is 2.05 bits per heavy atom. The van der Waals surface area contributed by atoms with E-state index in [4.69, 9.17) is 11.6 Å². The summed E-state index contributed by atoms with van der Waals surface area (Å²) in [4.78, 5) is 22.4. The smallest absolute Gasteiger partial charge is 0.244 e. The third kappa shape index (κ3) is 3.31. The van der Waals surface area contributed by atoms with Gasteiger partial charge in [0.1, 0.15) is 6.04 Å². The summed E-state index contributed by atoms with van der Waals surface area (Å²) in [6, 6.07) is 4.77. The van der Waals surface area contributed by atoms with Gasteiger partial charge >= 0.3 is 0 Å². The fraction of sp³-hybridized carbons (Fsp3) is 0.273. The van der Waals surface area contributed by atoms with Gasteiger partial charge < -0.3 is 0 Å². The monoisotopic (exact) mass is 302 g/mol. The van der Waals surface area contributed by atoms with Gasteiger partial charge in [-0.05, 0) is 24.6 Å². The van der Waals surface area contributed by atoms with Gasteiger partial charge in [-0.1, -0.05) is 17.7 Å². The van der Waals surface area contributed by atoms with Crippen molar-refractivity contribution in [3.05, 3.63) is 29.3 Å². The number of hydrogen-bond acceptors (Lipinski definition) is 4. The summed E-state index contributed by atoms with van der Waals surface area (Å²) in [6.45, 7) is 0. The molecular formula is C11H11ClN2O4S. The first-order valence-corrected chi connectivity index (χ1v) is 7.36. The molecule has 0 aromatic heterocycles. The van der Waals surface area contributed by atoms with E-state index in [1.54, 1.807) is 6.07 Å². The molecule has 0 aliphatic carbocycles. The highest BCUT2D eigenvalue weighted by Crippen LogP contribution is 2.16. The van der Waals surface area contributed by atoms with E-state index in [1.165, 1.54) is 18.2 Å². The van der Waals surface area contributed by atoms with Crippen molar-refractivity contribution >= 4 is 33.4 Å². The SMILES string of the molecule is O=C1CCC(NS(=O)(=O)c2cccc(Cl)c2)C(=O)N1. The zero-order valence-electron chi connectivity index (χ0n) is 9.72. The second-order valence-corrected chi connectivity index (χ2v) is 6.23. The normalized spacial score (nSPS) is 20.2. The van der Waals surface area contributed by atoms with Crippen LogP contribution in [0.5, 0.6) is 0 Å². The third-order valence-electron chi connectivity index (χ3n) is 2.64. The molecule has 0 spiro atoms. The molecule has 8 heteroatoms. The Kier molecular flexibility index (Phi) is 3.88. The number of rotatable bonds is 3. The number of nitrogens with one attached hydrogen (secondary N) is 2. The predicted octanol–water partition coefficient (Wildman–Crippen LogP) is 0.423. The van der Waals surface area contributed by atoms with E-state index < -0.39 is 27.9 Å². The lowest BCUT2D eigenvalue weighted by molar-refractivity contribution is -0.134. The fourth-order valence-electron chi connectivity index (χ4n) is 1.70. The van der Waals surface area contributed by atoms with Crippen LogP contribution in [0, 0.1) is 0 Å². The summed E-state index contributed by atoms with van der Waals surface area (Å²) in [5.41, 5.74) is 0. The van der Waals surface area contributed by atoms with Gasteiger partial charge in [-0.2, -0.15) is 4.72 Å². The van der Waals surface area contributed by atoms with Crippen LogP contribution in [0.25, 0.3) is 0 Å². The van der Waals surface area contributed by atoms with Crippen molar-refractivity contribution in [3.63, 3.8) is 0 Å². The van der Waals surface area contributed by atoms with E-state index in [-0.39, 0.29) is 22.8 Å². The molecule has 1 aromatic rings. The van der Waals surface area contributed by atoms with Crippen molar-refractivity contribution in [3.8, 4) is 0 Å². The van der Waals surface area contributed by atoms with E-state index in [9.17, 15) is 18.0 Å². The molecule has 1 atom stereocenters. The average Bonchev–Trinajstić information content (AvgIpc) is 2.33. The molecule has 1 aliphatic heterocycles. The molecule has 2 N–H and O–H groups in total. The van der Waals surface area contributed by atoms with Gasteiger partial charge in [-0.25, -0.2) is 8.42 Å². The zero-order chi connectivity index (χ0) is 14.0. The standard InChI is InChI=1S/C11H11ClN2O4S/c12-7-2-1-3-8(6-7)19(17,18)14-9-4-5-10(15)13-11(9)16/h1-3,6,9,14H,4-5H2,(H,13,15,16). The van der Waals surface area contributed by atoms with Gasteiger partial charge in [0.25, 0.3) is 0 Å². The number of amides is 2. The first-order valence-electron chi connectivity index (χ1n) is 5.50. The van der Waals surface area contributed by atoms with E-state index in [0.717, 1.165) is 0 Å². The minimum absolute atomic E-state index is 0.0234. The van der Waals surface area contributed by atoms with Gasteiger partial charge in [-0.15, -0.1) is 0 Å². The number of benzene rings is 1. The molecule has 0 radical (unpaired) electrons. The van der Waals surface area contributed by atoms with Crippen molar-refractivity contribution in [2.75, 3.05) is 0 Å². The number of piperidine rings is 1. The number of halogens is 1. The van der Waals surface area contributed by atoms with Crippen LogP contribution in [0.3, 0.4) is 0 Å². The number of carbonyl (C=O) groups excluding carboxylic acids is 2. The van der Waals surface area contributed by atoms with Crippen molar-refractivity contribution in [1.82, 2.24) is 10.0 Å². The molecule has 102 valence electrons. The van der Waals surface area contributed by atoms with Crippen molar-refractivity contribution in [1.29, 1.82) is 0 Å². The molecule has 2 amide bonds. The molecule has 1 heterocycles. The number of hydrogen-bond donors (Lipinski definition) is 2. The maximum absolute atomic E-state index is 12.0. The lowest BCUT2D eigenvalue weighted by atomic mass is 10.1. The van der Waals surface area contributed by atoms with Crippen LogP contribution in [0.2, 0.25) is 5.02 Å². The molecule has 1 aliphatic rings. The van der Waals surface area contributed by atoms with Gasteiger partial charge in [0, 0.05) is 11.4 Å². The Morgan fingerprint density at radius 1 is 1.32 bits per heavy atom. The van der Waals surface area contributed by atoms with Crippen LogP contribution < -0.4 is 10.0 Å². The molecule has 1 saturated heterocycles. The highest BCUT2D eigenvalue weighted by molar-refractivity contribution is 7.89. The molecule has 6 nitrogen and oxygen atoms in total. The first kappa shape index (κ1) is 14.0. The summed E-state index contributed by atoms with van der Waals surface area (Å²) in [5, 5.41) is 2.37. The molecule has 19 heavy (non-hydrogen) atoms. The first-order chi connectivity index (χ1) is 8.88. The summed E-state index contributed by atoms with van der Waals surface area (Å²) in [6.07, 6.45) is 0.249. The molecule has 1 fully saturated rings. The average molecular weight is 303 g/mol. The lowest BCUT2D eigenvalue weighted by Gasteiger charge is -2.21. The van der Waals surface area contributed by atoms with Crippen molar-refractivity contribution in [2.24, 2.45) is 0 Å². The second kappa shape index (κ2) is 5.28. The largest absolute Gasteiger partial charge is 0.295 e. The summed E-state index contributed by atoms with van der Waals surface area (Å²) in [7, 11) is -3.84. The van der Waals surface area contributed by atoms with Crippen LogP contribution in [0.4, 0.5) is 0 Å². The van der Waals surface area contributed by atoms with Gasteiger partial charge in [-0.3, -0.25) is 14.9 Å². The maximum Gasteiger partial charge on any atom is 0.244 e. The quantitative estimate of drug-likeness (QED) is 0.792. The summed E-state index contributed by atoms with van der Waals surface area (Å²) >= 11 is 5.73. The highest BCUT2D eigenvalue weighted by atomic mass is 35.5. The van der Waals surface area contributed by atoms with E-state index in [2.05, 4.69) is 10.0 Å². The molecule has 2 rings (SSSR count). The summed E-state index contributed by atoms with van der Waals surface area (Å²) < 4.78 is 26.3. The van der Waals surface area contributed by atoms with E-state index in [0.29, 0.717) is 0 Å². The Labute approximate surface area is 115 Å². The Morgan fingerprint density at radius 3 is 2.68 bits per heavy atom. The van der Waals surface area contributed by atoms with Gasteiger partial charge in [0.15, 0.2) is 0 Å². The molecule has 1 unspecified atom stereocenters.